The lowest BCUT2D eigenvalue weighted by atomic mass is 10.2. The number of hydrogen-bond donors (Lipinski definition) is 3. The molecule has 78 valence electrons. The van der Waals surface area contributed by atoms with E-state index in [4.69, 9.17) is 0 Å². The highest BCUT2D eigenvalue weighted by Crippen LogP contribution is 2.09. The van der Waals surface area contributed by atoms with Gasteiger partial charge in [-0.2, -0.15) is 5.10 Å². The number of aromatic nitrogens is 3. The number of carbonyl (C=O) groups is 1. The standard InChI is InChI=1S/C10H12N4O/c1-7(8-5-12-13-6-8)14-10(15)9-3-2-4-11-9/h2-7,11H,1H3,(H,12,13)(H,14,15). The van der Waals surface area contributed by atoms with E-state index in [0.29, 0.717) is 5.69 Å². The van der Waals surface area contributed by atoms with Crippen LogP contribution in [0.15, 0.2) is 30.7 Å². The Morgan fingerprint density at radius 1 is 1.60 bits per heavy atom. The summed E-state index contributed by atoms with van der Waals surface area (Å²) in [6, 6.07) is 3.47. The minimum atomic E-state index is -0.117. The van der Waals surface area contributed by atoms with Crippen LogP contribution in [-0.4, -0.2) is 21.1 Å². The molecule has 1 unspecified atom stereocenters. The molecular weight excluding hydrogens is 192 g/mol. The van der Waals surface area contributed by atoms with Gasteiger partial charge in [0.05, 0.1) is 12.2 Å². The summed E-state index contributed by atoms with van der Waals surface area (Å²) in [6.45, 7) is 1.91. The van der Waals surface area contributed by atoms with Gasteiger partial charge in [0, 0.05) is 18.0 Å². The first-order chi connectivity index (χ1) is 7.27. The van der Waals surface area contributed by atoms with Crippen LogP contribution in [0.25, 0.3) is 0 Å². The van der Waals surface area contributed by atoms with Gasteiger partial charge in [-0.05, 0) is 19.1 Å². The third kappa shape index (κ3) is 2.07. The molecule has 0 aliphatic heterocycles. The van der Waals surface area contributed by atoms with Crippen LogP contribution in [0, 0.1) is 0 Å². The van der Waals surface area contributed by atoms with Gasteiger partial charge < -0.3 is 10.3 Å². The van der Waals surface area contributed by atoms with E-state index in [1.165, 1.54) is 0 Å². The lowest BCUT2D eigenvalue weighted by Crippen LogP contribution is -2.26. The predicted molar refractivity (Wildman–Crippen MR) is 55.3 cm³/mol. The number of carbonyl (C=O) groups excluding carboxylic acids is 1. The van der Waals surface area contributed by atoms with Gasteiger partial charge in [-0.3, -0.25) is 9.89 Å². The second-order valence-corrected chi connectivity index (χ2v) is 3.31. The smallest absolute Gasteiger partial charge is 0.268 e. The van der Waals surface area contributed by atoms with E-state index < -0.39 is 0 Å². The van der Waals surface area contributed by atoms with E-state index in [2.05, 4.69) is 20.5 Å². The molecule has 0 saturated carbocycles. The number of H-pyrrole nitrogens is 2. The van der Waals surface area contributed by atoms with Crippen LogP contribution in [0.5, 0.6) is 0 Å². The highest BCUT2D eigenvalue weighted by molar-refractivity contribution is 5.92. The van der Waals surface area contributed by atoms with Crippen LogP contribution in [0.3, 0.4) is 0 Å². The second-order valence-electron chi connectivity index (χ2n) is 3.31. The molecule has 0 spiro atoms. The van der Waals surface area contributed by atoms with Crippen molar-refractivity contribution in [1.82, 2.24) is 20.5 Å². The number of nitrogens with one attached hydrogen (secondary N) is 3. The largest absolute Gasteiger partial charge is 0.357 e. The fourth-order valence-corrected chi connectivity index (χ4v) is 1.33. The third-order valence-electron chi connectivity index (χ3n) is 2.21. The predicted octanol–water partition coefficient (Wildman–Crippen LogP) is 1.23. The zero-order valence-electron chi connectivity index (χ0n) is 8.32. The fourth-order valence-electron chi connectivity index (χ4n) is 1.33. The molecule has 0 aliphatic carbocycles. The van der Waals surface area contributed by atoms with E-state index in [1.54, 1.807) is 30.7 Å². The van der Waals surface area contributed by atoms with E-state index in [-0.39, 0.29) is 11.9 Å². The Morgan fingerprint density at radius 2 is 2.47 bits per heavy atom. The Balaban J connectivity index is 2.01. The molecule has 0 aliphatic rings. The summed E-state index contributed by atoms with van der Waals surface area (Å²) in [5.41, 5.74) is 1.51. The van der Waals surface area contributed by atoms with Gasteiger partial charge in [0.1, 0.15) is 5.69 Å². The molecule has 0 fully saturated rings. The average molecular weight is 204 g/mol. The monoisotopic (exact) mass is 204 g/mol. The molecular formula is C10H12N4O. The molecule has 2 aromatic rings. The lowest BCUT2D eigenvalue weighted by molar-refractivity contribution is 0.0935. The first kappa shape index (κ1) is 9.51. The second kappa shape index (κ2) is 4.00. The van der Waals surface area contributed by atoms with Crippen molar-refractivity contribution in [1.29, 1.82) is 0 Å². The van der Waals surface area contributed by atoms with Crippen molar-refractivity contribution in [3.8, 4) is 0 Å². The molecule has 0 aromatic carbocycles. The molecule has 2 heterocycles. The van der Waals surface area contributed by atoms with E-state index in [9.17, 15) is 4.79 Å². The minimum absolute atomic E-state index is 0.0560. The van der Waals surface area contributed by atoms with Crippen molar-refractivity contribution >= 4 is 5.91 Å². The summed E-state index contributed by atoms with van der Waals surface area (Å²) >= 11 is 0. The highest BCUT2D eigenvalue weighted by atomic mass is 16.1. The summed E-state index contributed by atoms with van der Waals surface area (Å²) in [5.74, 6) is -0.117. The van der Waals surface area contributed by atoms with Crippen LogP contribution in [-0.2, 0) is 0 Å². The summed E-state index contributed by atoms with van der Waals surface area (Å²) in [6.07, 6.45) is 5.18. The van der Waals surface area contributed by atoms with Crippen molar-refractivity contribution in [2.24, 2.45) is 0 Å². The minimum Gasteiger partial charge on any atom is -0.357 e. The Bertz CT molecular complexity index is 418. The molecule has 0 bridgehead atoms. The maximum atomic E-state index is 11.6. The van der Waals surface area contributed by atoms with Crippen LogP contribution < -0.4 is 5.32 Å². The van der Waals surface area contributed by atoms with Crippen molar-refractivity contribution in [3.05, 3.63) is 42.0 Å². The van der Waals surface area contributed by atoms with Crippen molar-refractivity contribution in [2.75, 3.05) is 0 Å². The Morgan fingerprint density at radius 3 is 3.07 bits per heavy atom. The molecule has 5 nitrogen and oxygen atoms in total. The Hall–Kier alpha value is -2.04. The average Bonchev–Trinajstić information content (AvgIpc) is 2.91. The van der Waals surface area contributed by atoms with E-state index >= 15 is 0 Å². The van der Waals surface area contributed by atoms with Crippen molar-refractivity contribution < 1.29 is 4.79 Å². The van der Waals surface area contributed by atoms with Crippen LogP contribution in [0.1, 0.15) is 29.0 Å². The van der Waals surface area contributed by atoms with Crippen molar-refractivity contribution in [2.45, 2.75) is 13.0 Å². The first-order valence-corrected chi connectivity index (χ1v) is 4.70. The van der Waals surface area contributed by atoms with Gasteiger partial charge in [0.25, 0.3) is 5.91 Å². The zero-order chi connectivity index (χ0) is 10.7. The fraction of sp³-hybridized carbons (Fsp3) is 0.200. The van der Waals surface area contributed by atoms with Gasteiger partial charge in [-0.1, -0.05) is 0 Å². The topological polar surface area (TPSA) is 73.6 Å². The normalized spacial score (nSPS) is 12.3. The highest BCUT2D eigenvalue weighted by Gasteiger charge is 2.11. The maximum Gasteiger partial charge on any atom is 0.268 e. The molecule has 5 heteroatoms. The molecule has 0 radical (unpaired) electrons. The number of hydrogen-bond acceptors (Lipinski definition) is 2. The Labute approximate surface area is 86.9 Å². The molecule has 1 atom stereocenters. The van der Waals surface area contributed by atoms with Gasteiger partial charge in [-0.15, -0.1) is 0 Å². The SMILES string of the molecule is CC(NC(=O)c1ccc[nH]1)c1cn[nH]c1. The van der Waals surface area contributed by atoms with Gasteiger partial charge in [0.15, 0.2) is 0 Å². The van der Waals surface area contributed by atoms with E-state index in [1.807, 2.05) is 6.92 Å². The van der Waals surface area contributed by atoms with Crippen LogP contribution >= 0.6 is 0 Å². The van der Waals surface area contributed by atoms with E-state index in [0.717, 1.165) is 5.56 Å². The third-order valence-corrected chi connectivity index (χ3v) is 2.21. The molecule has 0 saturated heterocycles. The molecule has 2 aromatic heterocycles. The molecule has 3 N–H and O–H groups in total. The lowest BCUT2D eigenvalue weighted by Gasteiger charge is -2.10. The van der Waals surface area contributed by atoms with Crippen LogP contribution in [0.2, 0.25) is 0 Å². The number of aromatic amines is 2. The zero-order valence-corrected chi connectivity index (χ0v) is 8.32. The summed E-state index contributed by atoms with van der Waals surface area (Å²) in [5, 5.41) is 9.39. The summed E-state index contributed by atoms with van der Waals surface area (Å²) in [4.78, 5) is 14.5. The van der Waals surface area contributed by atoms with Gasteiger partial charge in [-0.25, -0.2) is 0 Å². The van der Waals surface area contributed by atoms with Crippen molar-refractivity contribution in [3.63, 3.8) is 0 Å². The molecule has 1 amide bonds. The van der Waals surface area contributed by atoms with Gasteiger partial charge >= 0.3 is 0 Å². The Kier molecular flexibility index (Phi) is 2.53. The number of amides is 1. The van der Waals surface area contributed by atoms with Gasteiger partial charge in [0.2, 0.25) is 0 Å². The number of nitrogens with zero attached hydrogens (tertiary/aromatic N) is 1. The maximum absolute atomic E-state index is 11.6. The van der Waals surface area contributed by atoms with Crippen LogP contribution in [0.4, 0.5) is 0 Å². The molecule has 2 rings (SSSR count). The quantitative estimate of drug-likeness (QED) is 0.703. The molecule has 15 heavy (non-hydrogen) atoms. The summed E-state index contributed by atoms with van der Waals surface area (Å²) in [7, 11) is 0. The summed E-state index contributed by atoms with van der Waals surface area (Å²) < 4.78 is 0. The number of rotatable bonds is 3. The first-order valence-electron chi connectivity index (χ1n) is 4.70.